The fraction of sp³-hybridized carbons (Fsp3) is 0.250. The highest BCUT2D eigenvalue weighted by Crippen LogP contribution is 2.25. The number of nitrogens with zero attached hydrogens (tertiary/aromatic N) is 2. The number of hydrogen-bond donors (Lipinski definition) is 1. The van der Waals surface area contributed by atoms with E-state index >= 15 is 0 Å². The average Bonchev–Trinajstić information content (AvgIpc) is 3.02. The van der Waals surface area contributed by atoms with Gasteiger partial charge in [0.15, 0.2) is 10.3 Å². The molecule has 3 rings (SSSR count). The largest absolute Gasteiger partial charge is 0.288 e. The number of rotatable bonds is 8. The lowest BCUT2D eigenvalue weighted by Gasteiger charge is -2.10. The molecule has 8 heteroatoms. The molecule has 0 aliphatic rings. The molecule has 0 radical (unpaired) electrons. The Morgan fingerprint density at radius 2 is 1.68 bits per heavy atom. The monoisotopic (exact) mass is 437 g/mol. The van der Waals surface area contributed by atoms with Crippen LogP contribution in [0.4, 0.5) is 5.69 Å². The van der Waals surface area contributed by atoms with Crippen LogP contribution in [0.25, 0.3) is 5.69 Å². The first-order valence-corrected chi connectivity index (χ1v) is 11.2. The van der Waals surface area contributed by atoms with Gasteiger partial charge in [-0.05, 0) is 54.8 Å². The topological polar surface area (TPSA) is 64.0 Å². The fourth-order valence-corrected chi connectivity index (χ4v) is 4.19. The quantitative estimate of drug-likeness (QED) is 0.458. The molecule has 148 valence electrons. The van der Waals surface area contributed by atoms with Crippen molar-refractivity contribution in [3.63, 3.8) is 0 Å². The number of anilines is 1. The van der Waals surface area contributed by atoms with Crippen LogP contribution in [0, 0.1) is 0 Å². The van der Waals surface area contributed by atoms with E-state index in [1.165, 1.54) is 12.7 Å². The highest BCUT2D eigenvalue weighted by atomic mass is 35.5. The van der Waals surface area contributed by atoms with Gasteiger partial charge >= 0.3 is 0 Å². The third kappa shape index (κ3) is 4.87. The number of halogens is 2. The van der Waals surface area contributed by atoms with Gasteiger partial charge in [-0.1, -0.05) is 55.1 Å². The summed E-state index contributed by atoms with van der Waals surface area (Å²) in [7, 11) is -3.65. The molecule has 2 aromatic carbocycles. The van der Waals surface area contributed by atoms with Crippen LogP contribution in [0.1, 0.15) is 31.7 Å². The maximum Gasteiger partial charge on any atom is 0.261 e. The molecule has 0 atom stereocenters. The summed E-state index contributed by atoms with van der Waals surface area (Å²) in [5, 5.41) is 0.513. The van der Waals surface area contributed by atoms with Crippen molar-refractivity contribution >= 4 is 38.9 Å². The van der Waals surface area contributed by atoms with E-state index < -0.39 is 10.0 Å². The third-order valence-corrected chi connectivity index (χ3v) is 6.50. The Morgan fingerprint density at radius 1 is 1.00 bits per heavy atom. The minimum Gasteiger partial charge on any atom is -0.288 e. The van der Waals surface area contributed by atoms with Gasteiger partial charge in [-0.2, -0.15) is 0 Å². The standard InChI is InChI=1S/C20H21Cl2N3O2S/c1-2-3-4-5-15-6-12-18(13-7-15)28(26,27)24-16-8-10-17(11-9-16)25-14-23-19(21)20(25)22/h6-14,24H,2-5H2,1H3. The van der Waals surface area contributed by atoms with Crippen LogP contribution in [0.15, 0.2) is 59.8 Å². The van der Waals surface area contributed by atoms with Crippen molar-refractivity contribution < 1.29 is 8.42 Å². The molecule has 1 N–H and O–H groups in total. The molecule has 0 fully saturated rings. The van der Waals surface area contributed by atoms with Gasteiger partial charge in [0.1, 0.15) is 6.33 Å². The van der Waals surface area contributed by atoms with Crippen molar-refractivity contribution in [3.05, 3.63) is 70.7 Å². The number of aromatic nitrogens is 2. The van der Waals surface area contributed by atoms with Crippen LogP contribution >= 0.6 is 23.2 Å². The van der Waals surface area contributed by atoms with Crippen LogP contribution in [0.3, 0.4) is 0 Å². The van der Waals surface area contributed by atoms with Crippen molar-refractivity contribution in [3.8, 4) is 5.69 Å². The van der Waals surface area contributed by atoms with E-state index in [1.807, 2.05) is 12.1 Å². The Labute approximate surface area is 175 Å². The normalized spacial score (nSPS) is 11.5. The van der Waals surface area contributed by atoms with Gasteiger partial charge in [0, 0.05) is 11.4 Å². The number of hydrogen-bond acceptors (Lipinski definition) is 3. The maximum absolute atomic E-state index is 12.6. The van der Waals surface area contributed by atoms with Crippen LogP contribution in [-0.4, -0.2) is 18.0 Å². The number of nitrogens with one attached hydrogen (secondary N) is 1. The lowest BCUT2D eigenvalue weighted by atomic mass is 10.1. The molecular formula is C20H21Cl2N3O2S. The molecule has 5 nitrogen and oxygen atoms in total. The van der Waals surface area contributed by atoms with Gasteiger partial charge in [-0.15, -0.1) is 0 Å². The summed E-state index contributed by atoms with van der Waals surface area (Å²) in [5.74, 6) is 0. The Bertz CT molecular complexity index is 1030. The van der Waals surface area contributed by atoms with E-state index in [0.29, 0.717) is 10.8 Å². The number of imidazole rings is 1. The van der Waals surface area contributed by atoms with Gasteiger partial charge in [-0.3, -0.25) is 9.29 Å². The van der Waals surface area contributed by atoms with E-state index in [4.69, 9.17) is 23.2 Å². The fourth-order valence-electron chi connectivity index (χ4n) is 2.81. The van der Waals surface area contributed by atoms with Crippen LogP contribution in [0.2, 0.25) is 10.3 Å². The molecule has 1 heterocycles. The van der Waals surface area contributed by atoms with Crippen LogP contribution in [0.5, 0.6) is 0 Å². The van der Waals surface area contributed by atoms with E-state index in [9.17, 15) is 8.42 Å². The molecule has 0 spiro atoms. The number of sulfonamides is 1. The molecule has 0 amide bonds. The average molecular weight is 438 g/mol. The van der Waals surface area contributed by atoms with E-state index in [-0.39, 0.29) is 10.0 Å². The van der Waals surface area contributed by atoms with E-state index in [1.54, 1.807) is 41.0 Å². The van der Waals surface area contributed by atoms with Gasteiger partial charge in [0.05, 0.1) is 4.90 Å². The Kier molecular flexibility index (Phi) is 6.65. The highest BCUT2D eigenvalue weighted by Gasteiger charge is 2.14. The summed E-state index contributed by atoms with van der Waals surface area (Å²) in [4.78, 5) is 4.17. The minimum atomic E-state index is -3.65. The Hall–Kier alpha value is -2.02. The SMILES string of the molecule is CCCCCc1ccc(S(=O)(=O)Nc2ccc(-n3cnc(Cl)c3Cl)cc2)cc1. The molecule has 0 aliphatic heterocycles. The predicted molar refractivity (Wildman–Crippen MR) is 114 cm³/mol. The second-order valence-electron chi connectivity index (χ2n) is 6.45. The summed E-state index contributed by atoms with van der Waals surface area (Å²) in [5.41, 5.74) is 2.33. The van der Waals surface area contributed by atoms with E-state index in [0.717, 1.165) is 30.5 Å². The zero-order chi connectivity index (χ0) is 20.1. The Morgan fingerprint density at radius 3 is 2.25 bits per heavy atom. The molecule has 28 heavy (non-hydrogen) atoms. The lowest BCUT2D eigenvalue weighted by Crippen LogP contribution is -2.13. The maximum atomic E-state index is 12.6. The number of aryl methyl sites for hydroxylation is 1. The zero-order valence-corrected chi connectivity index (χ0v) is 17.7. The molecule has 0 saturated heterocycles. The first kappa shape index (κ1) is 20.7. The lowest BCUT2D eigenvalue weighted by molar-refractivity contribution is 0.601. The molecule has 3 aromatic rings. The second kappa shape index (κ2) is 8.99. The van der Waals surface area contributed by atoms with Crippen molar-refractivity contribution in [2.45, 2.75) is 37.5 Å². The number of unbranched alkanes of at least 4 members (excludes halogenated alkanes) is 2. The first-order chi connectivity index (χ1) is 13.4. The van der Waals surface area contributed by atoms with Crippen LogP contribution in [-0.2, 0) is 16.4 Å². The smallest absolute Gasteiger partial charge is 0.261 e. The molecular weight excluding hydrogens is 417 g/mol. The molecule has 0 saturated carbocycles. The van der Waals surface area contributed by atoms with Gasteiger partial charge in [0.25, 0.3) is 10.0 Å². The minimum absolute atomic E-state index is 0.213. The molecule has 1 aromatic heterocycles. The van der Waals surface area contributed by atoms with E-state index in [2.05, 4.69) is 16.6 Å². The summed E-state index contributed by atoms with van der Waals surface area (Å²) < 4.78 is 29.4. The third-order valence-electron chi connectivity index (χ3n) is 4.37. The first-order valence-electron chi connectivity index (χ1n) is 9.01. The summed E-state index contributed by atoms with van der Waals surface area (Å²) in [6.45, 7) is 2.16. The van der Waals surface area contributed by atoms with Gasteiger partial charge in [-0.25, -0.2) is 13.4 Å². The molecule has 0 bridgehead atoms. The predicted octanol–water partition coefficient (Wildman–Crippen LogP) is 5.71. The zero-order valence-electron chi connectivity index (χ0n) is 15.4. The van der Waals surface area contributed by atoms with Crippen molar-refractivity contribution in [2.24, 2.45) is 0 Å². The Balaban J connectivity index is 1.71. The summed E-state index contributed by atoms with van der Waals surface area (Å²) >= 11 is 11.9. The summed E-state index contributed by atoms with van der Waals surface area (Å²) in [6.07, 6.45) is 5.92. The second-order valence-corrected chi connectivity index (χ2v) is 8.85. The van der Waals surface area contributed by atoms with Crippen molar-refractivity contribution in [1.29, 1.82) is 0 Å². The molecule has 0 aliphatic carbocycles. The number of benzene rings is 2. The summed E-state index contributed by atoms with van der Waals surface area (Å²) in [6, 6.07) is 13.8. The van der Waals surface area contributed by atoms with Crippen LogP contribution < -0.4 is 4.72 Å². The van der Waals surface area contributed by atoms with Gasteiger partial charge < -0.3 is 0 Å². The van der Waals surface area contributed by atoms with Crippen molar-refractivity contribution in [1.82, 2.24) is 9.55 Å². The van der Waals surface area contributed by atoms with Crippen molar-refractivity contribution in [2.75, 3.05) is 4.72 Å². The highest BCUT2D eigenvalue weighted by molar-refractivity contribution is 7.92. The van der Waals surface area contributed by atoms with Gasteiger partial charge in [0.2, 0.25) is 0 Å². The molecule has 0 unspecified atom stereocenters.